The third-order valence-corrected chi connectivity index (χ3v) is 3.95. The molecule has 1 heterocycles. The average molecular weight is 203 g/mol. The number of thiophene rings is 1. The van der Waals surface area contributed by atoms with Crippen LogP contribution in [-0.4, -0.2) is 10.9 Å². The van der Waals surface area contributed by atoms with E-state index in [0.29, 0.717) is 0 Å². The van der Waals surface area contributed by atoms with Gasteiger partial charge in [0.05, 0.1) is 10.6 Å². The molecule has 2 nitrogen and oxygen atoms in total. The molecule has 0 amide bonds. The van der Waals surface area contributed by atoms with Gasteiger partial charge in [-0.15, -0.1) is 11.3 Å². The van der Waals surface area contributed by atoms with Crippen molar-refractivity contribution in [3.63, 3.8) is 0 Å². The maximum Gasteiger partial charge on any atom is 0.0973 e. The zero-order valence-electron chi connectivity index (χ0n) is 7.53. The van der Waals surface area contributed by atoms with Crippen LogP contribution in [0.3, 0.4) is 0 Å². The van der Waals surface area contributed by atoms with Crippen molar-refractivity contribution >= 4 is 27.1 Å². The number of hydrogen-bond donors (Lipinski definition) is 1. The molecule has 0 unspecified atom stereocenters. The molecule has 1 aromatic carbocycles. The molecule has 3 heteroatoms. The first-order valence-electron chi connectivity index (χ1n) is 4.62. The largest absolute Gasteiger partial charge is 0.411 e. The topological polar surface area (TPSA) is 32.6 Å². The molecule has 0 radical (unpaired) electrons. The van der Waals surface area contributed by atoms with E-state index in [2.05, 4.69) is 23.4 Å². The Morgan fingerprint density at radius 3 is 2.93 bits per heavy atom. The Balaban J connectivity index is 2.37. The molecule has 0 saturated carbocycles. The Morgan fingerprint density at radius 1 is 1.21 bits per heavy atom. The molecule has 0 fully saturated rings. The molecule has 14 heavy (non-hydrogen) atoms. The minimum Gasteiger partial charge on any atom is -0.411 e. The van der Waals surface area contributed by atoms with E-state index in [0.717, 1.165) is 18.6 Å². The van der Waals surface area contributed by atoms with Crippen molar-refractivity contribution < 1.29 is 5.21 Å². The minimum absolute atomic E-state index is 0.848. The SMILES string of the molecule is ON=C1CCc2c1sc1ccccc21. The van der Waals surface area contributed by atoms with Gasteiger partial charge in [-0.05, 0) is 29.9 Å². The summed E-state index contributed by atoms with van der Waals surface area (Å²) in [6, 6.07) is 8.37. The number of rotatable bonds is 0. The highest BCUT2D eigenvalue weighted by atomic mass is 32.1. The third-order valence-electron chi connectivity index (χ3n) is 2.69. The van der Waals surface area contributed by atoms with Crippen LogP contribution in [0.1, 0.15) is 16.9 Å². The summed E-state index contributed by atoms with van der Waals surface area (Å²) in [4.78, 5) is 1.17. The highest BCUT2D eigenvalue weighted by Crippen LogP contribution is 2.37. The normalized spacial score (nSPS) is 17.9. The Bertz CT molecular complexity index is 527. The van der Waals surface area contributed by atoms with Gasteiger partial charge in [-0.3, -0.25) is 0 Å². The summed E-state index contributed by atoms with van der Waals surface area (Å²) < 4.78 is 1.29. The number of aryl methyl sites for hydroxylation is 1. The molecule has 0 saturated heterocycles. The lowest BCUT2D eigenvalue weighted by molar-refractivity contribution is 0.318. The first-order chi connectivity index (χ1) is 6.90. The second-order valence-electron chi connectivity index (χ2n) is 3.45. The van der Waals surface area contributed by atoms with Crippen LogP contribution in [0, 0.1) is 0 Å². The highest BCUT2D eigenvalue weighted by Gasteiger charge is 2.23. The minimum atomic E-state index is 0.848. The van der Waals surface area contributed by atoms with E-state index in [-0.39, 0.29) is 0 Å². The molecule has 0 bridgehead atoms. The van der Waals surface area contributed by atoms with Gasteiger partial charge in [0.15, 0.2) is 0 Å². The van der Waals surface area contributed by atoms with Crippen LogP contribution in [-0.2, 0) is 6.42 Å². The smallest absolute Gasteiger partial charge is 0.0973 e. The summed E-state index contributed by atoms with van der Waals surface area (Å²) in [5.41, 5.74) is 2.21. The molecular weight excluding hydrogens is 194 g/mol. The Hall–Kier alpha value is -1.35. The maximum atomic E-state index is 8.83. The van der Waals surface area contributed by atoms with Crippen molar-refractivity contribution in [3.8, 4) is 0 Å². The van der Waals surface area contributed by atoms with Gasteiger partial charge < -0.3 is 5.21 Å². The van der Waals surface area contributed by atoms with Gasteiger partial charge in [0.1, 0.15) is 0 Å². The van der Waals surface area contributed by atoms with Crippen molar-refractivity contribution in [2.24, 2.45) is 5.16 Å². The van der Waals surface area contributed by atoms with Crippen LogP contribution < -0.4 is 0 Å². The van der Waals surface area contributed by atoms with Crippen molar-refractivity contribution in [2.45, 2.75) is 12.8 Å². The van der Waals surface area contributed by atoms with Gasteiger partial charge in [0.25, 0.3) is 0 Å². The molecule has 1 aromatic heterocycles. The van der Waals surface area contributed by atoms with Crippen LogP contribution in [0.2, 0.25) is 0 Å². The zero-order chi connectivity index (χ0) is 9.54. The first-order valence-corrected chi connectivity index (χ1v) is 5.43. The van der Waals surface area contributed by atoms with E-state index in [9.17, 15) is 0 Å². The van der Waals surface area contributed by atoms with Crippen LogP contribution in [0.5, 0.6) is 0 Å². The lowest BCUT2D eigenvalue weighted by Gasteiger charge is -1.90. The van der Waals surface area contributed by atoms with E-state index in [4.69, 9.17) is 5.21 Å². The molecule has 0 atom stereocenters. The molecular formula is C11H9NOS. The second kappa shape index (κ2) is 2.82. The zero-order valence-corrected chi connectivity index (χ0v) is 8.34. The predicted molar refractivity (Wildman–Crippen MR) is 58.5 cm³/mol. The van der Waals surface area contributed by atoms with Crippen molar-refractivity contribution in [1.29, 1.82) is 0 Å². The van der Waals surface area contributed by atoms with Gasteiger partial charge in [-0.2, -0.15) is 0 Å². The lowest BCUT2D eigenvalue weighted by atomic mass is 10.1. The summed E-state index contributed by atoms with van der Waals surface area (Å²) >= 11 is 1.73. The summed E-state index contributed by atoms with van der Waals surface area (Å²) in [6.45, 7) is 0. The number of benzene rings is 1. The third kappa shape index (κ3) is 0.930. The fourth-order valence-corrected chi connectivity index (χ4v) is 3.30. The summed E-state index contributed by atoms with van der Waals surface area (Å²) in [7, 11) is 0. The van der Waals surface area contributed by atoms with Gasteiger partial charge in [-0.25, -0.2) is 0 Å². The molecule has 1 aliphatic carbocycles. The number of fused-ring (bicyclic) bond motifs is 3. The molecule has 3 rings (SSSR count). The number of nitrogens with zero attached hydrogens (tertiary/aromatic N) is 1. The van der Waals surface area contributed by atoms with Crippen LogP contribution in [0.15, 0.2) is 29.4 Å². The molecule has 1 N–H and O–H groups in total. The fourth-order valence-electron chi connectivity index (χ4n) is 2.03. The van der Waals surface area contributed by atoms with E-state index in [1.54, 1.807) is 11.3 Å². The standard InChI is InChI=1S/C11H9NOS/c13-12-9-6-5-8-7-3-1-2-4-10(7)14-11(8)9/h1-4,13H,5-6H2. The van der Waals surface area contributed by atoms with Crippen LogP contribution in [0.4, 0.5) is 0 Å². The number of oxime groups is 1. The monoisotopic (exact) mass is 203 g/mol. The van der Waals surface area contributed by atoms with Crippen molar-refractivity contribution in [1.82, 2.24) is 0 Å². The summed E-state index contributed by atoms with van der Waals surface area (Å²) in [6.07, 6.45) is 1.89. The van der Waals surface area contributed by atoms with Crippen LogP contribution in [0.25, 0.3) is 10.1 Å². The van der Waals surface area contributed by atoms with Crippen molar-refractivity contribution in [2.75, 3.05) is 0 Å². The maximum absolute atomic E-state index is 8.83. The molecule has 2 aromatic rings. The number of hydrogen-bond acceptors (Lipinski definition) is 3. The first kappa shape index (κ1) is 8.00. The molecule has 1 aliphatic rings. The highest BCUT2D eigenvalue weighted by molar-refractivity contribution is 7.21. The Morgan fingerprint density at radius 2 is 2.07 bits per heavy atom. The van der Waals surface area contributed by atoms with Gasteiger partial charge >= 0.3 is 0 Å². The van der Waals surface area contributed by atoms with E-state index >= 15 is 0 Å². The summed E-state index contributed by atoms with van der Waals surface area (Å²) in [5.74, 6) is 0. The second-order valence-corrected chi connectivity index (χ2v) is 4.50. The molecule has 0 aliphatic heterocycles. The Kier molecular flexibility index (Phi) is 1.61. The molecule has 70 valence electrons. The van der Waals surface area contributed by atoms with E-state index in [1.807, 2.05) is 6.07 Å². The Labute approximate surface area is 85.5 Å². The van der Waals surface area contributed by atoms with E-state index < -0.39 is 0 Å². The van der Waals surface area contributed by atoms with Crippen LogP contribution >= 0.6 is 11.3 Å². The average Bonchev–Trinajstić information content (AvgIpc) is 2.75. The van der Waals surface area contributed by atoms with Gasteiger partial charge in [-0.1, -0.05) is 23.4 Å². The van der Waals surface area contributed by atoms with Gasteiger partial charge in [0.2, 0.25) is 0 Å². The fraction of sp³-hybridized carbons (Fsp3) is 0.182. The van der Waals surface area contributed by atoms with Crippen molar-refractivity contribution in [3.05, 3.63) is 34.7 Å². The predicted octanol–water partition coefficient (Wildman–Crippen LogP) is 3.03. The molecule has 0 spiro atoms. The summed E-state index contributed by atoms with van der Waals surface area (Å²) in [5, 5.41) is 13.5. The quantitative estimate of drug-likeness (QED) is 0.518. The lowest BCUT2D eigenvalue weighted by Crippen LogP contribution is -1.89. The van der Waals surface area contributed by atoms with Gasteiger partial charge in [0, 0.05) is 4.70 Å². The van der Waals surface area contributed by atoms with E-state index in [1.165, 1.54) is 20.5 Å².